The molecule has 0 bridgehead atoms. The number of benzene rings is 1. The van der Waals surface area contributed by atoms with Crippen LogP contribution in [0.15, 0.2) is 15.9 Å². The number of aromatic nitrogens is 1. The quantitative estimate of drug-likeness (QED) is 0.896. The van der Waals surface area contributed by atoms with Crippen molar-refractivity contribution in [2.24, 2.45) is 5.73 Å². The number of halogens is 3. The van der Waals surface area contributed by atoms with Crippen molar-refractivity contribution in [2.45, 2.75) is 13.5 Å². The van der Waals surface area contributed by atoms with E-state index in [1.807, 2.05) is 0 Å². The summed E-state index contributed by atoms with van der Waals surface area (Å²) in [5.74, 6) is -0.287. The van der Waals surface area contributed by atoms with Gasteiger partial charge in [0.1, 0.15) is 10.8 Å². The highest BCUT2D eigenvalue weighted by atomic mass is 79.9. The fourth-order valence-electron chi connectivity index (χ4n) is 1.38. The van der Waals surface area contributed by atoms with E-state index in [4.69, 9.17) is 17.3 Å². The van der Waals surface area contributed by atoms with Gasteiger partial charge in [-0.2, -0.15) is 0 Å². The molecule has 90 valence electrons. The van der Waals surface area contributed by atoms with E-state index in [9.17, 15) is 4.39 Å². The van der Waals surface area contributed by atoms with Gasteiger partial charge in [-0.15, -0.1) is 11.3 Å². The molecule has 0 amide bonds. The first-order valence-corrected chi connectivity index (χ1v) is 6.83. The number of hydrogen-bond donors (Lipinski definition) is 1. The van der Waals surface area contributed by atoms with Crippen LogP contribution in [-0.4, -0.2) is 4.98 Å². The van der Waals surface area contributed by atoms with Gasteiger partial charge >= 0.3 is 0 Å². The van der Waals surface area contributed by atoms with E-state index in [-0.39, 0.29) is 5.82 Å². The highest BCUT2D eigenvalue weighted by Gasteiger charge is 2.14. The summed E-state index contributed by atoms with van der Waals surface area (Å²) in [6.07, 6.45) is 0. The van der Waals surface area contributed by atoms with Crippen molar-refractivity contribution in [1.29, 1.82) is 0 Å². The SMILES string of the molecule is Cc1cc(Cl)c(-c2nc(CN)c(Br)s2)cc1F. The predicted molar refractivity (Wildman–Crippen MR) is 72.8 cm³/mol. The predicted octanol–water partition coefficient (Wildman–Crippen LogP) is 4.13. The van der Waals surface area contributed by atoms with Gasteiger partial charge < -0.3 is 5.73 Å². The highest BCUT2D eigenvalue weighted by Crippen LogP contribution is 2.36. The molecule has 1 aromatic carbocycles. The minimum atomic E-state index is -0.287. The summed E-state index contributed by atoms with van der Waals surface area (Å²) in [4.78, 5) is 4.33. The zero-order valence-electron chi connectivity index (χ0n) is 8.93. The molecular weight excluding hydrogens is 327 g/mol. The number of nitrogens with two attached hydrogens (primary N) is 1. The zero-order chi connectivity index (χ0) is 12.6. The van der Waals surface area contributed by atoms with Crippen molar-refractivity contribution >= 4 is 38.9 Å². The Morgan fingerprint density at radius 3 is 2.82 bits per heavy atom. The molecule has 1 aromatic heterocycles. The van der Waals surface area contributed by atoms with Crippen molar-refractivity contribution in [3.8, 4) is 10.6 Å². The zero-order valence-corrected chi connectivity index (χ0v) is 12.1. The molecule has 0 atom stereocenters. The molecular formula is C11H9BrClFN2S. The molecule has 0 aliphatic heterocycles. The van der Waals surface area contributed by atoms with Gasteiger partial charge in [0.2, 0.25) is 0 Å². The summed E-state index contributed by atoms with van der Waals surface area (Å²) in [6.45, 7) is 2.01. The molecule has 1 heterocycles. The van der Waals surface area contributed by atoms with Crippen molar-refractivity contribution in [3.63, 3.8) is 0 Å². The standard InChI is InChI=1S/C11H9BrClFN2S/c1-5-2-7(13)6(3-8(5)14)11-16-9(4-15)10(12)17-11/h2-3H,4,15H2,1H3. The van der Waals surface area contributed by atoms with Gasteiger partial charge in [0.15, 0.2) is 0 Å². The third-order valence-corrected chi connectivity index (χ3v) is 4.50. The van der Waals surface area contributed by atoms with E-state index in [0.29, 0.717) is 27.7 Å². The molecule has 2 aromatic rings. The lowest BCUT2D eigenvalue weighted by Gasteiger charge is -2.03. The van der Waals surface area contributed by atoms with Gasteiger partial charge in [0.05, 0.1) is 14.5 Å². The molecule has 2 rings (SSSR count). The number of hydrogen-bond acceptors (Lipinski definition) is 3. The second-order valence-electron chi connectivity index (χ2n) is 3.52. The van der Waals surface area contributed by atoms with E-state index in [1.165, 1.54) is 17.4 Å². The summed E-state index contributed by atoms with van der Waals surface area (Å²) in [7, 11) is 0. The fraction of sp³-hybridized carbons (Fsp3) is 0.182. The van der Waals surface area contributed by atoms with Crippen molar-refractivity contribution in [1.82, 2.24) is 4.98 Å². The van der Waals surface area contributed by atoms with E-state index in [1.54, 1.807) is 13.0 Å². The summed E-state index contributed by atoms with van der Waals surface area (Å²) in [5.41, 5.74) is 7.41. The maximum atomic E-state index is 13.5. The third kappa shape index (κ3) is 2.52. The van der Waals surface area contributed by atoms with Crippen LogP contribution in [0.25, 0.3) is 10.6 Å². The summed E-state index contributed by atoms with van der Waals surface area (Å²) < 4.78 is 14.4. The number of aryl methyl sites for hydroxylation is 1. The smallest absolute Gasteiger partial charge is 0.126 e. The van der Waals surface area contributed by atoms with Crippen LogP contribution in [0.4, 0.5) is 4.39 Å². The van der Waals surface area contributed by atoms with Crippen LogP contribution < -0.4 is 5.73 Å². The summed E-state index contributed by atoms with van der Waals surface area (Å²) in [6, 6.07) is 3.01. The van der Waals surface area contributed by atoms with Gasteiger partial charge in [0, 0.05) is 12.1 Å². The average molecular weight is 336 g/mol. The molecule has 2 nitrogen and oxygen atoms in total. The van der Waals surface area contributed by atoms with Gasteiger partial charge in [-0.1, -0.05) is 11.6 Å². The number of rotatable bonds is 2. The van der Waals surface area contributed by atoms with Crippen LogP contribution in [0.2, 0.25) is 5.02 Å². The van der Waals surface area contributed by atoms with Gasteiger partial charge in [-0.05, 0) is 40.5 Å². The van der Waals surface area contributed by atoms with Crippen LogP contribution in [-0.2, 0) is 6.54 Å². The second-order valence-corrected chi connectivity index (χ2v) is 6.25. The maximum absolute atomic E-state index is 13.5. The Labute approximate surface area is 116 Å². The molecule has 17 heavy (non-hydrogen) atoms. The molecule has 0 fully saturated rings. The van der Waals surface area contributed by atoms with Gasteiger partial charge in [0.25, 0.3) is 0 Å². The Morgan fingerprint density at radius 2 is 2.24 bits per heavy atom. The molecule has 0 radical (unpaired) electrons. The van der Waals surface area contributed by atoms with Crippen LogP contribution in [0, 0.1) is 12.7 Å². The van der Waals surface area contributed by atoms with Crippen LogP contribution >= 0.6 is 38.9 Å². The minimum Gasteiger partial charge on any atom is -0.325 e. The lowest BCUT2D eigenvalue weighted by atomic mass is 10.1. The normalized spacial score (nSPS) is 10.9. The largest absolute Gasteiger partial charge is 0.325 e. The second kappa shape index (κ2) is 5.02. The maximum Gasteiger partial charge on any atom is 0.126 e. The minimum absolute atomic E-state index is 0.287. The van der Waals surface area contributed by atoms with Crippen LogP contribution in [0.5, 0.6) is 0 Å². The van der Waals surface area contributed by atoms with E-state index in [0.717, 1.165) is 9.48 Å². The molecule has 0 unspecified atom stereocenters. The highest BCUT2D eigenvalue weighted by molar-refractivity contribution is 9.11. The molecule has 0 saturated heterocycles. The first kappa shape index (κ1) is 13.0. The molecule has 0 aliphatic carbocycles. The Bertz CT molecular complexity index is 571. The Hall–Kier alpha value is -0.490. The first-order valence-electron chi connectivity index (χ1n) is 4.84. The van der Waals surface area contributed by atoms with E-state index >= 15 is 0 Å². The van der Waals surface area contributed by atoms with Crippen LogP contribution in [0.3, 0.4) is 0 Å². The first-order chi connectivity index (χ1) is 8.02. The average Bonchev–Trinajstić information content (AvgIpc) is 2.65. The molecule has 0 saturated carbocycles. The molecule has 6 heteroatoms. The topological polar surface area (TPSA) is 38.9 Å². The lowest BCUT2D eigenvalue weighted by molar-refractivity contribution is 0.619. The molecule has 2 N–H and O–H groups in total. The van der Waals surface area contributed by atoms with Crippen LogP contribution in [0.1, 0.15) is 11.3 Å². The van der Waals surface area contributed by atoms with E-state index < -0.39 is 0 Å². The Morgan fingerprint density at radius 1 is 1.53 bits per heavy atom. The van der Waals surface area contributed by atoms with Crippen molar-refractivity contribution in [2.75, 3.05) is 0 Å². The van der Waals surface area contributed by atoms with E-state index in [2.05, 4.69) is 20.9 Å². The summed E-state index contributed by atoms with van der Waals surface area (Å²) in [5, 5.41) is 1.16. The lowest BCUT2D eigenvalue weighted by Crippen LogP contribution is -1.97. The molecule has 0 spiro atoms. The van der Waals surface area contributed by atoms with Gasteiger partial charge in [-0.25, -0.2) is 9.37 Å². The Kier molecular flexibility index (Phi) is 3.82. The number of nitrogens with zero attached hydrogens (tertiary/aromatic N) is 1. The molecule has 0 aliphatic rings. The van der Waals surface area contributed by atoms with Crippen molar-refractivity contribution in [3.05, 3.63) is 38.0 Å². The third-order valence-electron chi connectivity index (χ3n) is 2.32. The fourth-order valence-corrected chi connectivity index (χ4v) is 3.31. The summed E-state index contributed by atoms with van der Waals surface area (Å²) >= 11 is 10.9. The van der Waals surface area contributed by atoms with Crippen molar-refractivity contribution < 1.29 is 4.39 Å². The Balaban J connectivity index is 2.56. The van der Waals surface area contributed by atoms with Gasteiger partial charge in [-0.3, -0.25) is 0 Å². The number of thiazole rings is 1. The monoisotopic (exact) mass is 334 g/mol.